The second-order valence-corrected chi connectivity index (χ2v) is 6.41. The first kappa shape index (κ1) is 17.7. The van der Waals surface area contributed by atoms with E-state index in [1.807, 2.05) is 41.2 Å². The average molecular weight is 349 g/mol. The summed E-state index contributed by atoms with van der Waals surface area (Å²) in [6.45, 7) is 1.24. The fourth-order valence-electron chi connectivity index (χ4n) is 2.86. The van der Waals surface area contributed by atoms with E-state index in [0.29, 0.717) is 25.9 Å². The lowest BCUT2D eigenvalue weighted by Gasteiger charge is -2.16. The maximum atomic E-state index is 12.3. The number of phenolic OH excluding ortho intramolecular Hbond substituents is 1. The summed E-state index contributed by atoms with van der Waals surface area (Å²) < 4.78 is 1.88. The van der Waals surface area contributed by atoms with E-state index in [9.17, 15) is 9.90 Å². The summed E-state index contributed by atoms with van der Waals surface area (Å²) in [6.07, 6.45) is 4.67. The first-order valence-corrected chi connectivity index (χ1v) is 8.68. The van der Waals surface area contributed by atoms with Gasteiger partial charge in [0.25, 0.3) is 0 Å². The number of carbonyl (C=O) groups is 1. The van der Waals surface area contributed by atoms with Gasteiger partial charge in [-0.2, -0.15) is 5.10 Å². The summed E-state index contributed by atoms with van der Waals surface area (Å²) in [4.78, 5) is 14.0. The van der Waals surface area contributed by atoms with E-state index < -0.39 is 0 Å². The predicted octanol–water partition coefficient (Wildman–Crippen LogP) is 3.23. The number of rotatable bonds is 7. The number of para-hydroxylation sites is 1. The van der Waals surface area contributed by atoms with Gasteiger partial charge >= 0.3 is 0 Å². The first-order chi connectivity index (χ1) is 12.6. The molecule has 3 rings (SSSR count). The molecule has 5 nitrogen and oxygen atoms in total. The summed E-state index contributed by atoms with van der Waals surface area (Å²) in [5.41, 5.74) is 2.98. The third-order valence-corrected chi connectivity index (χ3v) is 4.32. The van der Waals surface area contributed by atoms with Crippen molar-refractivity contribution < 1.29 is 9.90 Å². The molecule has 26 heavy (non-hydrogen) atoms. The molecule has 0 aliphatic heterocycles. The number of benzene rings is 2. The lowest BCUT2D eigenvalue weighted by molar-refractivity contribution is -0.130. The second kappa shape index (κ2) is 8.34. The van der Waals surface area contributed by atoms with Crippen LogP contribution in [0.1, 0.15) is 23.1 Å². The van der Waals surface area contributed by atoms with Gasteiger partial charge in [-0.3, -0.25) is 9.48 Å². The van der Waals surface area contributed by atoms with Crippen LogP contribution >= 0.6 is 0 Å². The highest BCUT2D eigenvalue weighted by Crippen LogP contribution is 2.17. The van der Waals surface area contributed by atoms with Crippen molar-refractivity contribution in [1.29, 1.82) is 0 Å². The molecule has 2 aromatic carbocycles. The highest BCUT2D eigenvalue weighted by molar-refractivity contribution is 5.76. The topological polar surface area (TPSA) is 58.4 Å². The summed E-state index contributed by atoms with van der Waals surface area (Å²) >= 11 is 0. The van der Waals surface area contributed by atoms with Gasteiger partial charge in [0.2, 0.25) is 5.91 Å². The van der Waals surface area contributed by atoms with Crippen LogP contribution in [0.3, 0.4) is 0 Å². The maximum absolute atomic E-state index is 12.3. The number of hydrogen-bond acceptors (Lipinski definition) is 3. The van der Waals surface area contributed by atoms with Crippen molar-refractivity contribution in [3.8, 4) is 5.75 Å². The Morgan fingerprint density at radius 2 is 1.81 bits per heavy atom. The van der Waals surface area contributed by atoms with Crippen LogP contribution < -0.4 is 0 Å². The normalized spacial score (nSPS) is 10.7. The first-order valence-electron chi connectivity index (χ1n) is 8.68. The van der Waals surface area contributed by atoms with Crippen LogP contribution in [0.5, 0.6) is 5.75 Å². The summed E-state index contributed by atoms with van der Waals surface area (Å²) in [6, 6.07) is 17.3. The minimum absolute atomic E-state index is 0.0454. The summed E-state index contributed by atoms with van der Waals surface area (Å²) in [7, 11) is 1.79. The molecule has 5 heteroatoms. The van der Waals surface area contributed by atoms with Crippen molar-refractivity contribution in [1.82, 2.24) is 14.7 Å². The number of amides is 1. The number of phenols is 1. The Morgan fingerprint density at radius 3 is 2.58 bits per heavy atom. The fourth-order valence-corrected chi connectivity index (χ4v) is 2.86. The molecular formula is C21H23N3O2. The fraction of sp³-hybridized carbons (Fsp3) is 0.238. The Kier molecular flexibility index (Phi) is 5.69. The van der Waals surface area contributed by atoms with Gasteiger partial charge in [-0.15, -0.1) is 0 Å². The minimum Gasteiger partial charge on any atom is -0.508 e. The Morgan fingerprint density at radius 1 is 1.08 bits per heavy atom. The van der Waals surface area contributed by atoms with Crippen LogP contribution in [0.4, 0.5) is 0 Å². The number of hydrogen-bond donors (Lipinski definition) is 1. The Bertz CT molecular complexity index is 858. The van der Waals surface area contributed by atoms with E-state index >= 15 is 0 Å². The molecule has 0 fully saturated rings. The standard InChI is InChI=1S/C21H23N3O2/c1-23(21(26)12-11-19-9-5-6-10-20(19)25)14-18-13-22-24(16-18)15-17-7-3-2-4-8-17/h2-10,13,16,25H,11-12,14-15H2,1H3. The molecule has 1 aromatic heterocycles. The third kappa shape index (κ3) is 4.72. The molecule has 3 aromatic rings. The van der Waals surface area contributed by atoms with Crippen LogP contribution in [0.25, 0.3) is 0 Å². The van der Waals surface area contributed by atoms with E-state index in [2.05, 4.69) is 17.2 Å². The molecule has 0 spiro atoms. The Balaban J connectivity index is 1.52. The van der Waals surface area contributed by atoms with E-state index in [1.54, 1.807) is 30.3 Å². The van der Waals surface area contributed by atoms with Gasteiger partial charge in [-0.05, 0) is 23.6 Å². The van der Waals surface area contributed by atoms with Crippen LogP contribution in [-0.4, -0.2) is 32.7 Å². The summed E-state index contributed by atoms with van der Waals surface area (Å²) in [5.74, 6) is 0.286. The van der Waals surface area contributed by atoms with Gasteiger partial charge < -0.3 is 10.0 Å². The van der Waals surface area contributed by atoms with Crippen molar-refractivity contribution in [3.63, 3.8) is 0 Å². The average Bonchev–Trinajstić information content (AvgIpc) is 3.08. The molecule has 0 aliphatic carbocycles. The molecular weight excluding hydrogens is 326 g/mol. The number of carbonyl (C=O) groups excluding carboxylic acids is 1. The van der Waals surface area contributed by atoms with Gasteiger partial charge in [0.1, 0.15) is 5.75 Å². The monoisotopic (exact) mass is 349 g/mol. The molecule has 0 aliphatic rings. The second-order valence-electron chi connectivity index (χ2n) is 6.41. The Hall–Kier alpha value is -3.08. The van der Waals surface area contributed by atoms with E-state index in [1.165, 1.54) is 5.56 Å². The van der Waals surface area contributed by atoms with Gasteiger partial charge in [0.15, 0.2) is 0 Å². The molecule has 1 amide bonds. The van der Waals surface area contributed by atoms with Crippen LogP contribution in [0.15, 0.2) is 67.0 Å². The Labute approximate surface area is 153 Å². The van der Waals surface area contributed by atoms with E-state index in [0.717, 1.165) is 11.1 Å². The maximum Gasteiger partial charge on any atom is 0.222 e. The quantitative estimate of drug-likeness (QED) is 0.712. The van der Waals surface area contributed by atoms with Crippen molar-refractivity contribution in [2.75, 3.05) is 7.05 Å². The lowest BCUT2D eigenvalue weighted by Crippen LogP contribution is -2.26. The summed E-state index contributed by atoms with van der Waals surface area (Å²) in [5, 5.41) is 14.2. The molecule has 134 valence electrons. The lowest BCUT2D eigenvalue weighted by atomic mass is 10.1. The van der Waals surface area contributed by atoms with E-state index in [-0.39, 0.29) is 11.7 Å². The van der Waals surface area contributed by atoms with Gasteiger partial charge in [-0.25, -0.2) is 0 Å². The molecule has 0 saturated heterocycles. The van der Waals surface area contributed by atoms with Crippen LogP contribution in [0.2, 0.25) is 0 Å². The van der Waals surface area contributed by atoms with Crippen LogP contribution in [0, 0.1) is 0 Å². The van der Waals surface area contributed by atoms with Crippen LogP contribution in [-0.2, 0) is 24.3 Å². The van der Waals surface area contributed by atoms with Crippen molar-refractivity contribution >= 4 is 5.91 Å². The molecule has 0 bridgehead atoms. The molecule has 0 saturated carbocycles. The highest BCUT2D eigenvalue weighted by atomic mass is 16.3. The number of aromatic hydroxyl groups is 1. The largest absolute Gasteiger partial charge is 0.508 e. The zero-order valence-electron chi connectivity index (χ0n) is 14.9. The minimum atomic E-state index is 0.0454. The number of aromatic nitrogens is 2. The van der Waals surface area contributed by atoms with E-state index in [4.69, 9.17) is 0 Å². The molecule has 0 atom stereocenters. The zero-order chi connectivity index (χ0) is 18.4. The molecule has 0 radical (unpaired) electrons. The SMILES string of the molecule is CN(Cc1cnn(Cc2ccccc2)c1)C(=O)CCc1ccccc1O. The van der Waals surface area contributed by atoms with Gasteiger partial charge in [0.05, 0.1) is 12.7 Å². The number of nitrogens with zero attached hydrogens (tertiary/aromatic N) is 3. The smallest absolute Gasteiger partial charge is 0.222 e. The van der Waals surface area contributed by atoms with Crippen molar-refractivity contribution in [3.05, 3.63) is 83.7 Å². The van der Waals surface area contributed by atoms with Crippen molar-refractivity contribution in [2.24, 2.45) is 0 Å². The zero-order valence-corrected chi connectivity index (χ0v) is 14.9. The number of aryl methyl sites for hydroxylation is 1. The van der Waals surface area contributed by atoms with Gasteiger partial charge in [0, 0.05) is 31.8 Å². The molecule has 1 heterocycles. The van der Waals surface area contributed by atoms with Crippen molar-refractivity contribution in [2.45, 2.75) is 25.9 Å². The third-order valence-electron chi connectivity index (χ3n) is 4.32. The molecule has 1 N–H and O–H groups in total. The highest BCUT2D eigenvalue weighted by Gasteiger charge is 2.12. The molecule has 0 unspecified atom stereocenters. The van der Waals surface area contributed by atoms with Gasteiger partial charge in [-0.1, -0.05) is 48.5 Å². The predicted molar refractivity (Wildman–Crippen MR) is 101 cm³/mol.